The summed E-state index contributed by atoms with van der Waals surface area (Å²) in [6.45, 7) is 5.39. The molecule has 2 aromatic rings. The van der Waals surface area contributed by atoms with Crippen LogP contribution in [0, 0.1) is 11.8 Å². The first-order valence-corrected chi connectivity index (χ1v) is 8.12. The molecule has 1 aromatic heterocycles. The van der Waals surface area contributed by atoms with Gasteiger partial charge in [-0.15, -0.1) is 0 Å². The number of hydrogen-bond acceptors (Lipinski definition) is 5. The third-order valence-electron chi connectivity index (χ3n) is 2.78. The van der Waals surface area contributed by atoms with E-state index in [2.05, 4.69) is 16.8 Å². The number of ether oxygens (including phenoxy) is 1. The molecule has 0 saturated heterocycles. The van der Waals surface area contributed by atoms with Crippen molar-refractivity contribution in [2.45, 2.75) is 26.4 Å². The van der Waals surface area contributed by atoms with Gasteiger partial charge >= 0.3 is 6.09 Å². The van der Waals surface area contributed by atoms with Crippen LogP contribution in [0.5, 0.6) is 0 Å². The summed E-state index contributed by atoms with van der Waals surface area (Å²) in [5.41, 5.74) is -0.0338. The van der Waals surface area contributed by atoms with E-state index in [1.165, 1.54) is 22.4 Å². The van der Waals surface area contributed by atoms with Crippen LogP contribution in [0.25, 0.3) is 0 Å². The number of anilines is 1. The van der Waals surface area contributed by atoms with Crippen LogP contribution < -0.4 is 4.90 Å². The average molecular weight is 342 g/mol. The molecule has 24 heavy (non-hydrogen) atoms. The van der Waals surface area contributed by atoms with E-state index in [1.54, 1.807) is 52.1 Å². The number of aromatic nitrogens is 1. The van der Waals surface area contributed by atoms with Gasteiger partial charge in [0.2, 0.25) is 5.78 Å². The number of hydrogen-bond donors (Lipinski definition) is 0. The number of carbonyl (C=O) groups excluding carboxylic acids is 2. The van der Waals surface area contributed by atoms with Crippen LogP contribution in [0.3, 0.4) is 0 Å². The molecule has 0 aliphatic heterocycles. The quantitative estimate of drug-likeness (QED) is 0.616. The molecule has 1 aromatic carbocycles. The number of nitrogens with zero attached hydrogens (tertiary/aromatic N) is 2. The monoisotopic (exact) mass is 342 g/mol. The first kappa shape index (κ1) is 17.7. The lowest BCUT2D eigenvalue weighted by Crippen LogP contribution is -2.34. The van der Waals surface area contributed by atoms with Gasteiger partial charge < -0.3 is 4.74 Å². The lowest BCUT2D eigenvalue weighted by atomic mass is 10.1. The maximum atomic E-state index is 12.0. The van der Waals surface area contributed by atoms with Crippen molar-refractivity contribution in [3.63, 3.8) is 0 Å². The summed E-state index contributed by atoms with van der Waals surface area (Å²) in [6, 6.07) is 8.84. The molecule has 0 fully saturated rings. The molecule has 0 N–H and O–H groups in total. The number of ketones is 1. The van der Waals surface area contributed by atoms with Crippen molar-refractivity contribution >= 4 is 28.3 Å². The lowest BCUT2D eigenvalue weighted by Gasteiger charge is -2.23. The highest BCUT2D eigenvalue weighted by Gasteiger charge is 2.22. The largest absolute Gasteiger partial charge is 0.443 e. The fraction of sp³-hybridized carbons (Fsp3) is 0.278. The van der Waals surface area contributed by atoms with Gasteiger partial charge in [0.05, 0.1) is 11.1 Å². The summed E-state index contributed by atoms with van der Waals surface area (Å²) < 4.78 is 5.28. The summed E-state index contributed by atoms with van der Waals surface area (Å²) in [7, 11) is 1.58. The van der Waals surface area contributed by atoms with Crippen LogP contribution in [0.2, 0.25) is 0 Å². The first-order valence-electron chi connectivity index (χ1n) is 7.30. The van der Waals surface area contributed by atoms with Crippen molar-refractivity contribution in [2.75, 3.05) is 11.9 Å². The fourth-order valence-corrected chi connectivity index (χ4v) is 2.39. The van der Waals surface area contributed by atoms with Crippen LogP contribution >= 0.6 is 11.3 Å². The predicted octanol–water partition coefficient (Wildman–Crippen LogP) is 3.75. The molecule has 0 aliphatic carbocycles. The molecule has 6 heteroatoms. The second kappa shape index (κ2) is 7.28. The second-order valence-corrected chi connectivity index (χ2v) is 7.00. The maximum absolute atomic E-state index is 12.0. The van der Waals surface area contributed by atoms with Gasteiger partial charge in [-0.3, -0.25) is 9.69 Å². The van der Waals surface area contributed by atoms with Crippen LogP contribution in [-0.4, -0.2) is 29.5 Å². The number of Topliss-reactive ketones (excluding diaryl/α,β-unsaturated/α-hetero) is 1. The summed E-state index contributed by atoms with van der Waals surface area (Å²) in [5, 5.41) is 0.459. The Labute approximate surface area is 145 Å². The van der Waals surface area contributed by atoms with Crippen molar-refractivity contribution in [1.29, 1.82) is 0 Å². The Morgan fingerprint density at radius 2 is 1.88 bits per heavy atom. The Kier molecular flexibility index (Phi) is 5.37. The van der Waals surface area contributed by atoms with Crippen LogP contribution in [-0.2, 0) is 4.74 Å². The Hall–Kier alpha value is -2.65. The van der Waals surface area contributed by atoms with E-state index in [4.69, 9.17) is 4.74 Å². The van der Waals surface area contributed by atoms with Gasteiger partial charge in [-0.1, -0.05) is 41.7 Å². The average Bonchev–Trinajstić information content (AvgIpc) is 3.00. The topological polar surface area (TPSA) is 59.5 Å². The number of rotatable bonds is 2. The first-order chi connectivity index (χ1) is 11.3. The molecule has 0 unspecified atom stereocenters. The number of thiazole rings is 1. The predicted molar refractivity (Wildman–Crippen MR) is 94.4 cm³/mol. The molecule has 1 heterocycles. The van der Waals surface area contributed by atoms with E-state index in [0.29, 0.717) is 15.6 Å². The molecule has 0 spiro atoms. The molecular formula is C18H18N2O3S. The number of amides is 1. The smallest absolute Gasteiger partial charge is 0.416 e. The van der Waals surface area contributed by atoms with Gasteiger partial charge in [0, 0.05) is 12.6 Å². The third-order valence-corrected chi connectivity index (χ3v) is 3.77. The molecular weight excluding hydrogens is 324 g/mol. The minimum absolute atomic E-state index is 0.258. The highest BCUT2D eigenvalue weighted by Crippen LogP contribution is 2.22. The summed E-state index contributed by atoms with van der Waals surface area (Å²) in [4.78, 5) is 30.0. The van der Waals surface area contributed by atoms with E-state index in [1.807, 2.05) is 6.07 Å². The molecule has 0 atom stereocenters. The molecule has 0 saturated carbocycles. The van der Waals surface area contributed by atoms with E-state index >= 15 is 0 Å². The molecule has 0 aliphatic rings. The van der Waals surface area contributed by atoms with Crippen molar-refractivity contribution in [3.05, 3.63) is 47.0 Å². The van der Waals surface area contributed by atoms with Crippen LogP contribution in [0.4, 0.5) is 9.93 Å². The molecule has 0 radical (unpaired) electrons. The zero-order valence-electron chi connectivity index (χ0n) is 14.0. The fourth-order valence-electron chi connectivity index (χ4n) is 1.67. The summed E-state index contributed by atoms with van der Waals surface area (Å²) >= 11 is 1.22. The van der Waals surface area contributed by atoms with E-state index in [-0.39, 0.29) is 5.78 Å². The van der Waals surface area contributed by atoms with Gasteiger partial charge in [0.1, 0.15) is 5.60 Å². The normalized spacial score (nSPS) is 10.5. The van der Waals surface area contributed by atoms with Crippen molar-refractivity contribution in [1.82, 2.24) is 4.98 Å². The van der Waals surface area contributed by atoms with Crippen LogP contribution in [0.1, 0.15) is 36.0 Å². The zero-order chi connectivity index (χ0) is 17.7. The highest BCUT2D eigenvalue weighted by atomic mass is 32.1. The van der Waals surface area contributed by atoms with Crippen LogP contribution in [0.15, 0.2) is 36.5 Å². The second-order valence-electron chi connectivity index (χ2n) is 5.99. The number of carbonyl (C=O) groups is 2. The van der Waals surface area contributed by atoms with Crippen molar-refractivity contribution in [2.24, 2.45) is 0 Å². The van der Waals surface area contributed by atoms with Gasteiger partial charge in [0.25, 0.3) is 0 Å². The molecule has 0 bridgehead atoms. The van der Waals surface area contributed by atoms with Crippen molar-refractivity contribution < 1.29 is 14.3 Å². The molecule has 1 amide bonds. The molecule has 124 valence electrons. The highest BCUT2D eigenvalue weighted by molar-refractivity contribution is 7.16. The number of benzene rings is 1. The molecule has 5 nitrogen and oxygen atoms in total. The Balaban J connectivity index is 2.08. The van der Waals surface area contributed by atoms with Gasteiger partial charge in [-0.25, -0.2) is 9.78 Å². The summed E-state index contributed by atoms with van der Waals surface area (Å²) in [6.07, 6.45) is 1.04. The van der Waals surface area contributed by atoms with Gasteiger partial charge in [-0.05, 0) is 32.6 Å². The van der Waals surface area contributed by atoms with Crippen molar-refractivity contribution in [3.8, 4) is 11.8 Å². The van der Waals surface area contributed by atoms with E-state index in [0.717, 1.165) is 0 Å². The Morgan fingerprint density at radius 1 is 1.21 bits per heavy atom. The van der Waals surface area contributed by atoms with E-state index in [9.17, 15) is 9.59 Å². The standard InChI is InChI=1S/C18H18N2O3S/c1-18(2,3)23-17(22)20(4)16-19-12-14(24-16)10-11-15(21)13-8-6-5-7-9-13/h5-9,12H,1-4H3. The zero-order valence-corrected chi connectivity index (χ0v) is 14.8. The van der Waals surface area contributed by atoms with E-state index < -0.39 is 11.7 Å². The van der Waals surface area contributed by atoms with Gasteiger partial charge in [-0.2, -0.15) is 0 Å². The Morgan fingerprint density at radius 3 is 2.50 bits per heavy atom. The van der Waals surface area contributed by atoms with Gasteiger partial charge in [0.15, 0.2) is 5.13 Å². The summed E-state index contributed by atoms with van der Waals surface area (Å²) in [5.74, 6) is 5.11. The third kappa shape index (κ3) is 4.93. The minimum atomic E-state index is -0.576. The Bertz CT molecular complexity index is 795. The SMILES string of the molecule is CN(C(=O)OC(C)(C)C)c1ncc(C#CC(=O)c2ccccc2)s1. The maximum Gasteiger partial charge on any atom is 0.416 e. The molecule has 2 rings (SSSR count). The minimum Gasteiger partial charge on any atom is -0.443 e. The lowest BCUT2D eigenvalue weighted by molar-refractivity contribution is 0.0589.